The zero-order valence-corrected chi connectivity index (χ0v) is 8.06. The monoisotopic (exact) mass is 208 g/mol. The molecule has 0 amide bonds. The third kappa shape index (κ3) is 1.92. The highest BCUT2D eigenvalue weighted by molar-refractivity contribution is 5.72. The van der Waals surface area contributed by atoms with E-state index in [9.17, 15) is 9.59 Å². The van der Waals surface area contributed by atoms with Gasteiger partial charge in [0.25, 0.3) is 0 Å². The van der Waals surface area contributed by atoms with Crippen molar-refractivity contribution in [1.29, 1.82) is 0 Å². The first-order chi connectivity index (χ1) is 7.18. The summed E-state index contributed by atoms with van der Waals surface area (Å²) in [5.41, 5.74) is 0.597. The number of rotatable bonds is 2. The Kier molecular flexibility index (Phi) is 2.55. The number of carboxylic acid groups (broad SMARTS) is 1. The molecule has 1 aliphatic heterocycles. The van der Waals surface area contributed by atoms with Gasteiger partial charge in [0, 0.05) is 31.3 Å². The van der Waals surface area contributed by atoms with E-state index in [-0.39, 0.29) is 11.5 Å². The summed E-state index contributed by atoms with van der Waals surface area (Å²) in [6.45, 7) is 1.08. The number of pyridine rings is 1. The molecule has 80 valence electrons. The van der Waals surface area contributed by atoms with Gasteiger partial charge in [0.1, 0.15) is 0 Å². The van der Waals surface area contributed by atoms with Crippen LogP contribution in [-0.2, 0) is 4.79 Å². The van der Waals surface area contributed by atoms with Crippen LogP contribution in [0.25, 0.3) is 0 Å². The van der Waals surface area contributed by atoms with Crippen molar-refractivity contribution in [2.75, 3.05) is 13.1 Å². The number of hydrogen-bond acceptors (Lipinski definition) is 3. The summed E-state index contributed by atoms with van der Waals surface area (Å²) in [5.74, 6) is -1.36. The predicted octanol–water partition coefficient (Wildman–Crippen LogP) is -0.238. The fraction of sp³-hybridized carbons (Fsp3) is 0.400. The molecule has 2 heterocycles. The third-order valence-corrected chi connectivity index (χ3v) is 2.76. The molecule has 1 fully saturated rings. The topological polar surface area (TPSA) is 82.2 Å². The Hall–Kier alpha value is -1.62. The molecule has 0 bridgehead atoms. The van der Waals surface area contributed by atoms with Crippen LogP contribution >= 0.6 is 0 Å². The lowest BCUT2D eigenvalue weighted by Crippen LogP contribution is -2.21. The van der Waals surface area contributed by atoms with Crippen molar-refractivity contribution >= 4 is 5.97 Å². The molecule has 2 atom stereocenters. The van der Waals surface area contributed by atoms with Crippen LogP contribution in [0.1, 0.15) is 11.5 Å². The molecule has 1 saturated heterocycles. The van der Waals surface area contributed by atoms with Crippen molar-refractivity contribution in [1.82, 2.24) is 10.3 Å². The van der Waals surface area contributed by atoms with Gasteiger partial charge >= 0.3 is 5.97 Å². The molecule has 1 aromatic rings. The maximum atomic E-state index is 11.1. The average Bonchev–Trinajstić information content (AvgIpc) is 2.65. The van der Waals surface area contributed by atoms with Gasteiger partial charge in [-0.1, -0.05) is 0 Å². The zero-order chi connectivity index (χ0) is 10.8. The molecule has 0 spiro atoms. The highest BCUT2D eigenvalue weighted by Gasteiger charge is 2.33. The summed E-state index contributed by atoms with van der Waals surface area (Å²) in [7, 11) is 0. The van der Waals surface area contributed by atoms with Gasteiger partial charge in [-0.25, -0.2) is 0 Å². The second-order valence-corrected chi connectivity index (χ2v) is 3.70. The first kappa shape index (κ1) is 9.92. The van der Waals surface area contributed by atoms with Crippen LogP contribution in [0, 0.1) is 5.92 Å². The van der Waals surface area contributed by atoms with E-state index in [2.05, 4.69) is 10.3 Å². The molecule has 1 aromatic heterocycles. The number of nitrogens with one attached hydrogen (secondary N) is 2. The highest BCUT2D eigenvalue weighted by atomic mass is 16.4. The van der Waals surface area contributed by atoms with Crippen LogP contribution in [0.3, 0.4) is 0 Å². The van der Waals surface area contributed by atoms with E-state index in [1.54, 1.807) is 12.3 Å². The largest absolute Gasteiger partial charge is 0.481 e. The van der Waals surface area contributed by atoms with E-state index < -0.39 is 11.9 Å². The maximum Gasteiger partial charge on any atom is 0.308 e. The molecule has 0 radical (unpaired) electrons. The Morgan fingerprint density at radius 1 is 1.47 bits per heavy atom. The Morgan fingerprint density at radius 2 is 2.27 bits per heavy atom. The van der Waals surface area contributed by atoms with E-state index >= 15 is 0 Å². The van der Waals surface area contributed by atoms with Gasteiger partial charge in [-0.15, -0.1) is 0 Å². The highest BCUT2D eigenvalue weighted by Crippen LogP contribution is 2.26. The second kappa shape index (κ2) is 3.86. The van der Waals surface area contributed by atoms with E-state index in [0.29, 0.717) is 13.1 Å². The van der Waals surface area contributed by atoms with E-state index in [0.717, 1.165) is 5.56 Å². The van der Waals surface area contributed by atoms with E-state index in [4.69, 9.17) is 5.11 Å². The van der Waals surface area contributed by atoms with Crippen LogP contribution in [-0.4, -0.2) is 29.1 Å². The van der Waals surface area contributed by atoms with Gasteiger partial charge in [0.15, 0.2) is 0 Å². The lowest BCUT2D eigenvalue weighted by Gasteiger charge is -2.13. The number of carbonyl (C=O) groups is 1. The minimum absolute atomic E-state index is 0.107. The van der Waals surface area contributed by atoms with Gasteiger partial charge in [-0.05, 0) is 11.6 Å². The Bertz CT molecular complexity index is 427. The molecule has 15 heavy (non-hydrogen) atoms. The standard InChI is InChI=1S/C10H12N2O3/c13-9-3-6(1-2-12-9)7-4-11-5-8(7)10(14)15/h1-3,7-8,11H,4-5H2,(H,12,13)(H,14,15). The SMILES string of the molecule is O=C(O)C1CNCC1c1cc[nH]c(=O)c1. The number of aromatic nitrogens is 1. The van der Waals surface area contributed by atoms with Crippen molar-refractivity contribution in [2.45, 2.75) is 5.92 Å². The van der Waals surface area contributed by atoms with Crippen LogP contribution in [0.15, 0.2) is 23.1 Å². The van der Waals surface area contributed by atoms with Crippen molar-refractivity contribution in [3.8, 4) is 0 Å². The Balaban J connectivity index is 2.30. The van der Waals surface area contributed by atoms with E-state index in [1.807, 2.05) is 0 Å². The lowest BCUT2D eigenvalue weighted by molar-refractivity contribution is -0.141. The minimum atomic E-state index is -0.815. The van der Waals surface area contributed by atoms with Crippen molar-refractivity contribution < 1.29 is 9.90 Å². The normalized spacial score (nSPS) is 25.3. The summed E-state index contributed by atoms with van der Waals surface area (Å²) in [4.78, 5) is 24.6. The van der Waals surface area contributed by atoms with Gasteiger partial charge < -0.3 is 15.4 Å². The molecule has 0 saturated carbocycles. The molecule has 3 N–H and O–H groups in total. The molecule has 2 unspecified atom stereocenters. The summed E-state index contributed by atoms with van der Waals surface area (Å²) in [6.07, 6.45) is 1.55. The summed E-state index contributed by atoms with van der Waals surface area (Å²) >= 11 is 0. The summed E-state index contributed by atoms with van der Waals surface area (Å²) in [6, 6.07) is 3.22. The van der Waals surface area contributed by atoms with Crippen LogP contribution in [0.4, 0.5) is 0 Å². The van der Waals surface area contributed by atoms with Crippen molar-refractivity contribution in [2.24, 2.45) is 5.92 Å². The van der Waals surface area contributed by atoms with Gasteiger partial charge in [-0.2, -0.15) is 0 Å². The fourth-order valence-corrected chi connectivity index (χ4v) is 1.98. The average molecular weight is 208 g/mol. The Labute approximate surface area is 86.1 Å². The maximum absolute atomic E-state index is 11.1. The second-order valence-electron chi connectivity index (χ2n) is 3.70. The Morgan fingerprint density at radius 3 is 2.93 bits per heavy atom. The summed E-state index contributed by atoms with van der Waals surface area (Å²) < 4.78 is 0. The molecule has 1 aliphatic rings. The first-order valence-corrected chi connectivity index (χ1v) is 4.80. The molecule has 5 heteroatoms. The van der Waals surface area contributed by atoms with Crippen LogP contribution in [0.2, 0.25) is 0 Å². The van der Waals surface area contributed by atoms with Crippen molar-refractivity contribution in [3.05, 3.63) is 34.2 Å². The fourth-order valence-electron chi connectivity index (χ4n) is 1.98. The smallest absolute Gasteiger partial charge is 0.308 e. The first-order valence-electron chi connectivity index (χ1n) is 4.80. The van der Waals surface area contributed by atoms with Gasteiger partial charge in [-0.3, -0.25) is 9.59 Å². The molecule has 0 aromatic carbocycles. The molecule has 5 nitrogen and oxygen atoms in total. The zero-order valence-electron chi connectivity index (χ0n) is 8.06. The predicted molar refractivity (Wildman–Crippen MR) is 53.8 cm³/mol. The lowest BCUT2D eigenvalue weighted by atomic mass is 9.90. The third-order valence-electron chi connectivity index (χ3n) is 2.76. The quantitative estimate of drug-likeness (QED) is 0.626. The number of carboxylic acids is 1. The molecular weight excluding hydrogens is 196 g/mol. The van der Waals surface area contributed by atoms with Gasteiger partial charge in [0.05, 0.1) is 5.92 Å². The van der Waals surface area contributed by atoms with Crippen LogP contribution < -0.4 is 10.9 Å². The molecule has 2 rings (SSSR count). The van der Waals surface area contributed by atoms with E-state index in [1.165, 1.54) is 6.07 Å². The molecule has 0 aliphatic carbocycles. The minimum Gasteiger partial charge on any atom is -0.481 e. The number of H-pyrrole nitrogens is 1. The molecular formula is C10H12N2O3. The van der Waals surface area contributed by atoms with Crippen LogP contribution in [0.5, 0.6) is 0 Å². The number of aliphatic carboxylic acids is 1. The summed E-state index contributed by atoms with van der Waals surface area (Å²) in [5, 5.41) is 12.0. The van der Waals surface area contributed by atoms with Gasteiger partial charge in [0.2, 0.25) is 5.56 Å². The van der Waals surface area contributed by atoms with Crippen molar-refractivity contribution in [3.63, 3.8) is 0 Å². The number of hydrogen-bond donors (Lipinski definition) is 3. The number of aromatic amines is 1.